The topological polar surface area (TPSA) is 49.3 Å². The minimum Gasteiger partial charge on any atom is -0.375 e. The fourth-order valence-electron chi connectivity index (χ4n) is 4.43. The van der Waals surface area contributed by atoms with E-state index in [0.717, 1.165) is 64.7 Å². The summed E-state index contributed by atoms with van der Waals surface area (Å²) in [5.41, 5.74) is 1.33. The van der Waals surface area contributed by atoms with Crippen molar-refractivity contribution in [2.75, 3.05) is 57.9 Å². The van der Waals surface area contributed by atoms with Crippen LogP contribution in [0.5, 0.6) is 0 Å². The number of morpholine rings is 1. The molecule has 0 aliphatic carbocycles. The van der Waals surface area contributed by atoms with Crippen LogP contribution in [0, 0.1) is 5.92 Å². The number of hydrogen-bond acceptors (Lipinski definition) is 4. The second kappa shape index (κ2) is 8.93. The van der Waals surface area contributed by atoms with E-state index in [1.807, 2.05) is 7.05 Å². The summed E-state index contributed by atoms with van der Waals surface area (Å²) in [6.07, 6.45) is 3.90. The van der Waals surface area contributed by atoms with Crippen molar-refractivity contribution < 1.29 is 9.47 Å². The van der Waals surface area contributed by atoms with Gasteiger partial charge in [0.1, 0.15) is 6.10 Å². The highest BCUT2D eigenvalue weighted by atomic mass is 16.5. The first-order valence-electron chi connectivity index (χ1n) is 10.3. The van der Waals surface area contributed by atoms with E-state index in [4.69, 9.17) is 9.47 Å². The molecule has 0 bridgehead atoms. The number of aliphatic imine (C=N–C) groups is 1. The van der Waals surface area contributed by atoms with Gasteiger partial charge in [-0.1, -0.05) is 18.2 Å². The normalized spacial score (nSPS) is 29.4. The molecular weight excluding hydrogens is 340 g/mol. The van der Waals surface area contributed by atoms with Crippen LogP contribution in [0.4, 0.5) is 5.69 Å². The molecule has 6 heteroatoms. The molecule has 1 aromatic rings. The summed E-state index contributed by atoms with van der Waals surface area (Å²) in [4.78, 5) is 9.35. The van der Waals surface area contributed by atoms with Crippen molar-refractivity contribution in [2.24, 2.45) is 10.9 Å². The molecule has 0 aromatic heterocycles. The van der Waals surface area contributed by atoms with Crippen molar-refractivity contribution in [3.8, 4) is 0 Å². The van der Waals surface area contributed by atoms with Crippen LogP contribution < -0.4 is 10.2 Å². The zero-order valence-electron chi connectivity index (χ0n) is 16.3. The molecule has 0 amide bonds. The fraction of sp³-hybridized carbons (Fsp3) is 0.667. The second-order valence-corrected chi connectivity index (χ2v) is 7.77. The zero-order chi connectivity index (χ0) is 18.5. The van der Waals surface area contributed by atoms with Crippen molar-refractivity contribution in [3.63, 3.8) is 0 Å². The molecule has 4 rings (SSSR count). The Balaban J connectivity index is 1.27. The monoisotopic (exact) mass is 372 g/mol. The number of rotatable bonds is 4. The lowest BCUT2D eigenvalue weighted by atomic mass is 10.1. The Morgan fingerprint density at radius 3 is 2.70 bits per heavy atom. The van der Waals surface area contributed by atoms with Crippen molar-refractivity contribution in [1.29, 1.82) is 0 Å². The van der Waals surface area contributed by atoms with Gasteiger partial charge in [0.2, 0.25) is 0 Å². The van der Waals surface area contributed by atoms with Crippen LogP contribution >= 0.6 is 0 Å². The molecule has 3 saturated heterocycles. The van der Waals surface area contributed by atoms with Gasteiger partial charge in [-0.05, 0) is 37.3 Å². The molecule has 0 saturated carbocycles. The number of guanidine groups is 1. The van der Waals surface area contributed by atoms with E-state index in [2.05, 4.69) is 50.4 Å². The van der Waals surface area contributed by atoms with Crippen molar-refractivity contribution in [1.82, 2.24) is 10.2 Å². The van der Waals surface area contributed by atoms with Crippen molar-refractivity contribution in [3.05, 3.63) is 30.3 Å². The average molecular weight is 373 g/mol. The van der Waals surface area contributed by atoms with Crippen LogP contribution in [-0.2, 0) is 9.47 Å². The van der Waals surface area contributed by atoms with Crippen LogP contribution in [0.25, 0.3) is 0 Å². The third-order valence-electron chi connectivity index (χ3n) is 5.94. The molecule has 1 aromatic carbocycles. The summed E-state index contributed by atoms with van der Waals surface area (Å²) in [5.74, 6) is 1.65. The highest BCUT2D eigenvalue weighted by Crippen LogP contribution is 2.23. The number of para-hydroxylation sites is 1. The Bertz CT molecular complexity index is 618. The van der Waals surface area contributed by atoms with Crippen LogP contribution in [-0.4, -0.2) is 76.1 Å². The predicted molar refractivity (Wildman–Crippen MR) is 108 cm³/mol. The van der Waals surface area contributed by atoms with Gasteiger partial charge in [-0.25, -0.2) is 0 Å². The minimum atomic E-state index is 0.167. The van der Waals surface area contributed by atoms with Gasteiger partial charge in [-0.15, -0.1) is 0 Å². The third kappa shape index (κ3) is 4.55. The van der Waals surface area contributed by atoms with E-state index in [9.17, 15) is 0 Å². The molecule has 3 fully saturated rings. The van der Waals surface area contributed by atoms with Gasteiger partial charge >= 0.3 is 0 Å². The van der Waals surface area contributed by atoms with E-state index in [0.29, 0.717) is 5.92 Å². The molecule has 6 nitrogen and oxygen atoms in total. The summed E-state index contributed by atoms with van der Waals surface area (Å²) in [6, 6.07) is 10.7. The first-order valence-corrected chi connectivity index (χ1v) is 10.3. The molecular formula is C21H32N4O2. The van der Waals surface area contributed by atoms with E-state index in [1.165, 1.54) is 12.1 Å². The highest BCUT2D eigenvalue weighted by Gasteiger charge is 2.32. The van der Waals surface area contributed by atoms with Gasteiger partial charge in [0.25, 0.3) is 0 Å². The lowest BCUT2D eigenvalue weighted by molar-refractivity contribution is -0.0817. The number of benzene rings is 1. The third-order valence-corrected chi connectivity index (χ3v) is 5.94. The average Bonchev–Trinajstić information content (AvgIpc) is 3.42. The number of nitrogens with zero attached hydrogens (tertiary/aromatic N) is 3. The molecule has 148 valence electrons. The summed E-state index contributed by atoms with van der Waals surface area (Å²) in [6.45, 7) is 6.59. The summed E-state index contributed by atoms with van der Waals surface area (Å²) in [5, 5.41) is 3.62. The second-order valence-electron chi connectivity index (χ2n) is 7.77. The Labute approximate surface area is 162 Å². The van der Waals surface area contributed by atoms with Gasteiger partial charge < -0.3 is 24.6 Å². The molecule has 27 heavy (non-hydrogen) atoms. The van der Waals surface area contributed by atoms with E-state index < -0.39 is 0 Å². The Hall–Kier alpha value is -1.79. The largest absolute Gasteiger partial charge is 0.375 e. The van der Waals surface area contributed by atoms with Crippen LogP contribution in [0.3, 0.4) is 0 Å². The first kappa shape index (κ1) is 18.6. The highest BCUT2D eigenvalue weighted by molar-refractivity contribution is 5.80. The lowest BCUT2D eigenvalue weighted by Gasteiger charge is -2.37. The minimum absolute atomic E-state index is 0.167. The number of nitrogens with one attached hydrogen (secondary N) is 1. The first-order chi connectivity index (χ1) is 13.3. The molecule has 3 unspecified atom stereocenters. The smallest absolute Gasteiger partial charge is 0.193 e. The van der Waals surface area contributed by atoms with Gasteiger partial charge in [-0.3, -0.25) is 4.99 Å². The molecule has 3 atom stereocenters. The van der Waals surface area contributed by atoms with Crippen LogP contribution in [0.15, 0.2) is 35.3 Å². The zero-order valence-corrected chi connectivity index (χ0v) is 16.3. The Morgan fingerprint density at radius 2 is 1.93 bits per heavy atom. The van der Waals surface area contributed by atoms with E-state index >= 15 is 0 Å². The summed E-state index contributed by atoms with van der Waals surface area (Å²) in [7, 11) is 1.88. The fourth-order valence-corrected chi connectivity index (χ4v) is 4.43. The van der Waals surface area contributed by atoms with E-state index in [-0.39, 0.29) is 12.2 Å². The lowest BCUT2D eigenvalue weighted by Crippen LogP contribution is -2.53. The maximum absolute atomic E-state index is 5.97. The number of hydrogen-bond donors (Lipinski definition) is 1. The molecule has 0 radical (unpaired) electrons. The summed E-state index contributed by atoms with van der Waals surface area (Å²) < 4.78 is 11.8. The van der Waals surface area contributed by atoms with Crippen molar-refractivity contribution in [2.45, 2.75) is 31.5 Å². The van der Waals surface area contributed by atoms with Crippen LogP contribution in [0.2, 0.25) is 0 Å². The Kier molecular flexibility index (Phi) is 6.14. The quantitative estimate of drug-likeness (QED) is 0.647. The van der Waals surface area contributed by atoms with Gasteiger partial charge in [0.05, 0.1) is 12.7 Å². The molecule has 1 N–H and O–H groups in total. The number of anilines is 1. The maximum Gasteiger partial charge on any atom is 0.193 e. The molecule has 3 heterocycles. The van der Waals surface area contributed by atoms with Gasteiger partial charge in [0.15, 0.2) is 5.96 Å². The van der Waals surface area contributed by atoms with Gasteiger partial charge in [0, 0.05) is 52.1 Å². The SMILES string of the molecule is CN=C(NCC1CCN(c2ccccc2)C1)N1CCOC(C2CCCO2)C1. The van der Waals surface area contributed by atoms with Gasteiger partial charge in [-0.2, -0.15) is 0 Å². The maximum atomic E-state index is 5.97. The van der Waals surface area contributed by atoms with Crippen molar-refractivity contribution >= 4 is 11.6 Å². The van der Waals surface area contributed by atoms with E-state index in [1.54, 1.807) is 0 Å². The molecule has 3 aliphatic rings. The Morgan fingerprint density at radius 1 is 1.07 bits per heavy atom. The molecule has 0 spiro atoms. The standard InChI is InChI=1S/C21H32N4O2/c1-22-21(25-11-13-27-20(16-25)19-8-5-12-26-19)23-14-17-9-10-24(15-17)18-6-3-2-4-7-18/h2-4,6-7,17,19-20H,5,8-16H2,1H3,(H,22,23). The number of ether oxygens (including phenoxy) is 2. The summed E-state index contributed by atoms with van der Waals surface area (Å²) >= 11 is 0. The molecule has 3 aliphatic heterocycles. The van der Waals surface area contributed by atoms with Crippen LogP contribution in [0.1, 0.15) is 19.3 Å². The predicted octanol–water partition coefficient (Wildman–Crippen LogP) is 1.97.